The Kier molecular flexibility index (Phi) is 5.18. The van der Waals surface area contributed by atoms with Crippen LogP contribution in [-0.2, 0) is 9.53 Å². The van der Waals surface area contributed by atoms with Crippen LogP contribution in [0.5, 0.6) is 0 Å². The summed E-state index contributed by atoms with van der Waals surface area (Å²) in [5, 5.41) is 0. The average molecular weight is 274 g/mol. The summed E-state index contributed by atoms with van der Waals surface area (Å²) in [5.74, 6) is -0.00371. The third-order valence-electron chi connectivity index (χ3n) is 3.48. The molecule has 1 aromatic rings. The summed E-state index contributed by atoms with van der Waals surface area (Å²) in [6.45, 7) is 1.47. The fraction of sp³-hybridized carbons (Fsp3) is 0.438. The first-order valence-corrected chi connectivity index (χ1v) is 7.05. The highest BCUT2D eigenvalue weighted by Gasteiger charge is 2.17. The van der Waals surface area contributed by atoms with Gasteiger partial charge in [-0.25, -0.2) is 0 Å². The third-order valence-corrected chi connectivity index (χ3v) is 3.48. The molecule has 1 aliphatic rings. The molecule has 1 atom stereocenters. The largest absolute Gasteiger partial charge is 0.399 e. The number of carbonyl (C=O) groups is 1. The molecule has 1 amide bonds. The molecular weight excluding hydrogens is 252 g/mol. The van der Waals surface area contributed by atoms with Gasteiger partial charge in [-0.15, -0.1) is 0 Å². The van der Waals surface area contributed by atoms with E-state index in [2.05, 4.69) is 0 Å². The molecule has 0 bridgehead atoms. The molecule has 20 heavy (non-hydrogen) atoms. The molecule has 1 aliphatic heterocycles. The Morgan fingerprint density at radius 2 is 2.15 bits per heavy atom. The van der Waals surface area contributed by atoms with Gasteiger partial charge in [0.1, 0.15) is 0 Å². The smallest absolute Gasteiger partial charge is 0.246 e. The minimum absolute atomic E-state index is 0.00371. The lowest BCUT2D eigenvalue weighted by atomic mass is 10.1. The Balaban J connectivity index is 1.85. The second-order valence-electron chi connectivity index (χ2n) is 5.21. The first-order chi connectivity index (χ1) is 9.65. The number of anilines is 1. The number of nitrogens with two attached hydrogens (primary N) is 1. The lowest BCUT2D eigenvalue weighted by molar-refractivity contribution is -0.127. The van der Waals surface area contributed by atoms with Crippen LogP contribution in [0.2, 0.25) is 0 Å². The van der Waals surface area contributed by atoms with E-state index in [1.807, 2.05) is 31.3 Å². The summed E-state index contributed by atoms with van der Waals surface area (Å²) in [7, 11) is 1.81. The number of hydrogen-bond acceptors (Lipinski definition) is 3. The zero-order valence-electron chi connectivity index (χ0n) is 11.9. The van der Waals surface area contributed by atoms with Gasteiger partial charge in [-0.3, -0.25) is 4.79 Å². The summed E-state index contributed by atoms with van der Waals surface area (Å²) in [4.78, 5) is 13.7. The molecule has 0 aromatic heterocycles. The van der Waals surface area contributed by atoms with E-state index in [1.54, 1.807) is 17.1 Å². The fourth-order valence-electron chi connectivity index (χ4n) is 2.25. The van der Waals surface area contributed by atoms with Crippen molar-refractivity contribution >= 4 is 17.7 Å². The second-order valence-corrected chi connectivity index (χ2v) is 5.21. The Labute approximate surface area is 120 Å². The van der Waals surface area contributed by atoms with E-state index in [4.69, 9.17) is 10.5 Å². The van der Waals surface area contributed by atoms with Crippen molar-refractivity contribution < 1.29 is 9.53 Å². The van der Waals surface area contributed by atoms with E-state index in [1.165, 1.54) is 6.42 Å². The number of amides is 1. The highest BCUT2D eigenvalue weighted by Crippen LogP contribution is 2.13. The van der Waals surface area contributed by atoms with Crippen LogP contribution in [-0.4, -0.2) is 37.1 Å². The van der Waals surface area contributed by atoms with Crippen molar-refractivity contribution in [3.05, 3.63) is 35.9 Å². The van der Waals surface area contributed by atoms with Gasteiger partial charge in [0.25, 0.3) is 0 Å². The predicted octanol–water partition coefficient (Wildman–Crippen LogP) is 2.31. The van der Waals surface area contributed by atoms with Gasteiger partial charge in [-0.05, 0) is 43.0 Å². The number of hydrogen-bond donors (Lipinski definition) is 1. The zero-order valence-corrected chi connectivity index (χ0v) is 11.9. The van der Waals surface area contributed by atoms with Gasteiger partial charge in [0.05, 0.1) is 6.10 Å². The van der Waals surface area contributed by atoms with Crippen LogP contribution in [0, 0.1) is 0 Å². The van der Waals surface area contributed by atoms with Crippen LogP contribution >= 0.6 is 0 Å². The molecule has 2 N–H and O–H groups in total. The SMILES string of the molecule is CN(CC1CCCCO1)C(=O)/C=C/c1ccc(N)cc1. The van der Waals surface area contributed by atoms with Crippen LogP contribution < -0.4 is 5.73 Å². The fourth-order valence-corrected chi connectivity index (χ4v) is 2.25. The van der Waals surface area contributed by atoms with Crippen molar-refractivity contribution in [2.24, 2.45) is 0 Å². The van der Waals surface area contributed by atoms with Crippen molar-refractivity contribution in [2.75, 3.05) is 25.9 Å². The summed E-state index contributed by atoms with van der Waals surface area (Å²) in [6, 6.07) is 7.43. The summed E-state index contributed by atoms with van der Waals surface area (Å²) >= 11 is 0. The maximum atomic E-state index is 12.0. The third kappa shape index (κ3) is 4.38. The van der Waals surface area contributed by atoms with Gasteiger partial charge in [0, 0.05) is 32.0 Å². The van der Waals surface area contributed by atoms with Gasteiger partial charge in [0.15, 0.2) is 0 Å². The van der Waals surface area contributed by atoms with E-state index >= 15 is 0 Å². The first kappa shape index (κ1) is 14.6. The number of likely N-dealkylation sites (N-methyl/N-ethyl adjacent to an activating group) is 1. The average Bonchev–Trinajstić information content (AvgIpc) is 2.47. The van der Waals surface area contributed by atoms with Crippen molar-refractivity contribution in [2.45, 2.75) is 25.4 Å². The number of carbonyl (C=O) groups excluding carboxylic acids is 1. The van der Waals surface area contributed by atoms with Crippen LogP contribution in [0.1, 0.15) is 24.8 Å². The number of ether oxygens (including phenoxy) is 1. The van der Waals surface area contributed by atoms with Crippen molar-refractivity contribution in [3.8, 4) is 0 Å². The van der Waals surface area contributed by atoms with Gasteiger partial charge in [-0.1, -0.05) is 12.1 Å². The van der Waals surface area contributed by atoms with Gasteiger partial charge in [0.2, 0.25) is 5.91 Å². The number of rotatable bonds is 4. The van der Waals surface area contributed by atoms with Crippen molar-refractivity contribution in [1.29, 1.82) is 0 Å². The lowest BCUT2D eigenvalue weighted by Gasteiger charge is -2.26. The quantitative estimate of drug-likeness (QED) is 0.677. The normalized spacial score (nSPS) is 19.1. The van der Waals surface area contributed by atoms with Crippen molar-refractivity contribution in [3.63, 3.8) is 0 Å². The monoisotopic (exact) mass is 274 g/mol. The van der Waals surface area contributed by atoms with Crippen LogP contribution in [0.25, 0.3) is 6.08 Å². The van der Waals surface area contributed by atoms with E-state index in [9.17, 15) is 4.79 Å². The van der Waals surface area contributed by atoms with Gasteiger partial charge < -0.3 is 15.4 Å². The van der Waals surface area contributed by atoms with E-state index in [-0.39, 0.29) is 12.0 Å². The van der Waals surface area contributed by atoms with Crippen LogP contribution in [0.15, 0.2) is 30.3 Å². The molecule has 1 unspecified atom stereocenters. The molecule has 4 heteroatoms. The molecule has 0 radical (unpaired) electrons. The molecule has 1 fully saturated rings. The molecule has 1 heterocycles. The molecule has 2 rings (SSSR count). The highest BCUT2D eigenvalue weighted by molar-refractivity contribution is 5.91. The standard InChI is InChI=1S/C16H22N2O2/c1-18(12-15-4-2-3-11-20-15)16(19)10-7-13-5-8-14(17)9-6-13/h5-10,15H,2-4,11-12,17H2,1H3/b10-7+. The van der Waals surface area contributed by atoms with Crippen LogP contribution in [0.3, 0.4) is 0 Å². The Morgan fingerprint density at radius 3 is 2.80 bits per heavy atom. The Bertz CT molecular complexity index is 462. The predicted molar refractivity (Wildman–Crippen MR) is 81.1 cm³/mol. The first-order valence-electron chi connectivity index (χ1n) is 7.05. The highest BCUT2D eigenvalue weighted by atomic mass is 16.5. The van der Waals surface area contributed by atoms with E-state index in [0.29, 0.717) is 6.54 Å². The minimum atomic E-state index is -0.00371. The molecule has 0 aliphatic carbocycles. The number of benzene rings is 1. The minimum Gasteiger partial charge on any atom is -0.399 e. The zero-order chi connectivity index (χ0) is 14.4. The summed E-state index contributed by atoms with van der Waals surface area (Å²) in [5.41, 5.74) is 7.31. The van der Waals surface area contributed by atoms with Gasteiger partial charge >= 0.3 is 0 Å². The summed E-state index contributed by atoms with van der Waals surface area (Å²) in [6.07, 6.45) is 6.94. The second kappa shape index (κ2) is 7.10. The van der Waals surface area contributed by atoms with Crippen molar-refractivity contribution in [1.82, 2.24) is 4.90 Å². The molecule has 108 valence electrons. The topological polar surface area (TPSA) is 55.6 Å². The molecule has 4 nitrogen and oxygen atoms in total. The molecule has 1 aromatic carbocycles. The Hall–Kier alpha value is -1.81. The maximum absolute atomic E-state index is 12.0. The number of nitrogen functional groups attached to an aromatic ring is 1. The number of nitrogens with zero attached hydrogens (tertiary/aromatic N) is 1. The molecule has 0 saturated carbocycles. The molecule has 0 spiro atoms. The van der Waals surface area contributed by atoms with E-state index < -0.39 is 0 Å². The maximum Gasteiger partial charge on any atom is 0.246 e. The Morgan fingerprint density at radius 1 is 1.40 bits per heavy atom. The molecular formula is C16H22N2O2. The van der Waals surface area contributed by atoms with Crippen LogP contribution in [0.4, 0.5) is 5.69 Å². The van der Waals surface area contributed by atoms with Gasteiger partial charge in [-0.2, -0.15) is 0 Å². The van der Waals surface area contributed by atoms with E-state index in [0.717, 1.165) is 30.7 Å². The summed E-state index contributed by atoms with van der Waals surface area (Å²) < 4.78 is 5.64. The molecule has 1 saturated heterocycles. The lowest BCUT2D eigenvalue weighted by Crippen LogP contribution is -2.36.